The maximum atomic E-state index is 11.9. The molecule has 1 aromatic rings. The van der Waals surface area contributed by atoms with Crippen LogP contribution in [0.1, 0.15) is 31.2 Å². The second kappa shape index (κ2) is 10.2. The van der Waals surface area contributed by atoms with Crippen LogP contribution in [0.2, 0.25) is 0 Å². The van der Waals surface area contributed by atoms with Gasteiger partial charge >= 0.3 is 0 Å². The van der Waals surface area contributed by atoms with E-state index in [0.717, 1.165) is 51.6 Å². The number of nitrogens with zero attached hydrogens (tertiary/aromatic N) is 5. The topological polar surface area (TPSA) is 75.0 Å². The molecule has 0 aliphatic carbocycles. The van der Waals surface area contributed by atoms with Crippen molar-refractivity contribution in [2.75, 3.05) is 53.5 Å². The molecular formula is C18H32N6O2. The van der Waals surface area contributed by atoms with Crippen molar-refractivity contribution in [2.24, 2.45) is 12.0 Å². The fourth-order valence-electron chi connectivity index (χ4n) is 2.95. The Kier molecular flexibility index (Phi) is 7.90. The number of guanidine groups is 1. The molecule has 1 amide bonds. The van der Waals surface area contributed by atoms with Gasteiger partial charge in [0.05, 0.1) is 6.20 Å². The summed E-state index contributed by atoms with van der Waals surface area (Å²) in [5, 5.41) is 7.67. The molecule has 0 spiro atoms. The van der Waals surface area contributed by atoms with E-state index in [1.807, 2.05) is 24.9 Å². The molecule has 2 rings (SSSR count). The van der Waals surface area contributed by atoms with Gasteiger partial charge in [0.25, 0.3) is 0 Å². The number of ether oxygens (including phenoxy) is 1. The van der Waals surface area contributed by atoms with E-state index < -0.39 is 0 Å². The molecule has 1 N–H and O–H groups in total. The van der Waals surface area contributed by atoms with Gasteiger partial charge in [-0.25, -0.2) is 4.99 Å². The highest BCUT2D eigenvalue weighted by Gasteiger charge is 2.27. The SMILES string of the molecule is CCOCCCNC(=NCC(=O)N(C)C)N1CCC(c2cnn(C)c2)C1. The average molecular weight is 364 g/mol. The zero-order valence-electron chi connectivity index (χ0n) is 16.4. The summed E-state index contributed by atoms with van der Waals surface area (Å²) < 4.78 is 7.23. The Balaban J connectivity index is 1.95. The first-order valence-electron chi connectivity index (χ1n) is 9.31. The molecule has 1 saturated heterocycles. The normalized spacial score (nSPS) is 17.6. The molecule has 1 unspecified atom stereocenters. The lowest BCUT2D eigenvalue weighted by atomic mass is 10.0. The minimum atomic E-state index is 0.00150. The Bertz CT molecular complexity index is 598. The Morgan fingerprint density at radius 2 is 2.31 bits per heavy atom. The lowest BCUT2D eigenvalue weighted by Gasteiger charge is -2.22. The average Bonchev–Trinajstić information content (AvgIpc) is 3.26. The summed E-state index contributed by atoms with van der Waals surface area (Å²) in [5.41, 5.74) is 1.26. The van der Waals surface area contributed by atoms with Gasteiger partial charge < -0.3 is 19.9 Å². The van der Waals surface area contributed by atoms with Crippen LogP contribution in [-0.2, 0) is 16.6 Å². The molecule has 1 aromatic heterocycles. The smallest absolute Gasteiger partial charge is 0.243 e. The highest BCUT2D eigenvalue weighted by Crippen LogP contribution is 2.26. The largest absolute Gasteiger partial charge is 0.382 e. The zero-order chi connectivity index (χ0) is 18.9. The summed E-state index contributed by atoms with van der Waals surface area (Å²) in [4.78, 5) is 20.3. The minimum absolute atomic E-state index is 0.00150. The number of aromatic nitrogens is 2. The second-order valence-corrected chi connectivity index (χ2v) is 6.78. The van der Waals surface area contributed by atoms with E-state index in [1.165, 1.54) is 5.56 Å². The van der Waals surface area contributed by atoms with Crippen LogP contribution in [0.5, 0.6) is 0 Å². The van der Waals surface area contributed by atoms with E-state index in [9.17, 15) is 4.79 Å². The van der Waals surface area contributed by atoms with Crippen LogP contribution in [0, 0.1) is 0 Å². The lowest BCUT2D eigenvalue weighted by molar-refractivity contribution is -0.127. The molecule has 26 heavy (non-hydrogen) atoms. The van der Waals surface area contributed by atoms with Crippen LogP contribution in [0.3, 0.4) is 0 Å². The van der Waals surface area contributed by atoms with Crippen LogP contribution >= 0.6 is 0 Å². The number of aliphatic imine (C=N–C) groups is 1. The van der Waals surface area contributed by atoms with E-state index in [0.29, 0.717) is 5.92 Å². The number of carbonyl (C=O) groups excluding carboxylic acids is 1. The first kappa shape index (κ1) is 20.2. The van der Waals surface area contributed by atoms with Crippen molar-refractivity contribution >= 4 is 11.9 Å². The molecule has 0 radical (unpaired) electrons. The zero-order valence-corrected chi connectivity index (χ0v) is 16.4. The standard InChI is InChI=1S/C18H32N6O2/c1-5-26-10-6-8-19-18(20-12-17(25)22(2)3)24-9-7-15(14-24)16-11-21-23(4)13-16/h11,13,15H,5-10,12,14H2,1-4H3,(H,19,20). The molecule has 2 heterocycles. The van der Waals surface area contributed by atoms with Gasteiger partial charge in [0.15, 0.2) is 5.96 Å². The first-order valence-corrected chi connectivity index (χ1v) is 9.31. The summed E-state index contributed by atoms with van der Waals surface area (Å²) >= 11 is 0. The van der Waals surface area contributed by atoms with Gasteiger partial charge in [-0.3, -0.25) is 9.48 Å². The number of carbonyl (C=O) groups is 1. The number of nitrogens with one attached hydrogen (secondary N) is 1. The van der Waals surface area contributed by atoms with E-state index in [4.69, 9.17) is 4.74 Å². The number of likely N-dealkylation sites (tertiary alicyclic amines) is 1. The number of amides is 1. The van der Waals surface area contributed by atoms with Crippen molar-refractivity contribution in [3.8, 4) is 0 Å². The third-order valence-corrected chi connectivity index (χ3v) is 4.50. The Hall–Kier alpha value is -2.09. The van der Waals surface area contributed by atoms with Crippen molar-refractivity contribution in [1.29, 1.82) is 0 Å². The molecule has 8 heteroatoms. The monoisotopic (exact) mass is 364 g/mol. The maximum absolute atomic E-state index is 11.9. The summed E-state index contributed by atoms with van der Waals surface area (Å²) in [6, 6.07) is 0. The molecule has 0 bridgehead atoms. The summed E-state index contributed by atoms with van der Waals surface area (Å²) in [6.07, 6.45) is 5.99. The van der Waals surface area contributed by atoms with E-state index in [1.54, 1.807) is 19.0 Å². The fourth-order valence-corrected chi connectivity index (χ4v) is 2.95. The van der Waals surface area contributed by atoms with Gasteiger partial charge in [-0.2, -0.15) is 5.10 Å². The van der Waals surface area contributed by atoms with Crippen molar-refractivity contribution in [3.05, 3.63) is 18.0 Å². The third-order valence-electron chi connectivity index (χ3n) is 4.50. The van der Waals surface area contributed by atoms with Gasteiger partial charge in [0.1, 0.15) is 6.54 Å². The lowest BCUT2D eigenvalue weighted by Crippen LogP contribution is -2.41. The van der Waals surface area contributed by atoms with Gasteiger partial charge in [0.2, 0.25) is 5.91 Å². The molecule has 146 valence electrons. The highest BCUT2D eigenvalue weighted by molar-refractivity contribution is 5.85. The number of rotatable bonds is 8. The van der Waals surface area contributed by atoms with E-state index in [-0.39, 0.29) is 12.5 Å². The molecule has 1 aliphatic rings. The van der Waals surface area contributed by atoms with Crippen LogP contribution in [0.15, 0.2) is 17.4 Å². The van der Waals surface area contributed by atoms with Gasteiger partial charge in [-0.15, -0.1) is 0 Å². The third kappa shape index (κ3) is 6.01. The molecule has 8 nitrogen and oxygen atoms in total. The number of hydrogen-bond acceptors (Lipinski definition) is 4. The van der Waals surface area contributed by atoms with Gasteiger partial charge in [-0.1, -0.05) is 0 Å². The highest BCUT2D eigenvalue weighted by atomic mass is 16.5. The van der Waals surface area contributed by atoms with Crippen molar-refractivity contribution < 1.29 is 9.53 Å². The summed E-state index contributed by atoms with van der Waals surface area (Å²) in [5.74, 6) is 1.26. The van der Waals surface area contributed by atoms with E-state index in [2.05, 4.69) is 26.5 Å². The van der Waals surface area contributed by atoms with Crippen LogP contribution in [-0.4, -0.2) is 84.9 Å². The number of likely N-dealkylation sites (N-methyl/N-ethyl adjacent to an activating group) is 1. The molecule has 1 aliphatic heterocycles. The summed E-state index contributed by atoms with van der Waals surface area (Å²) in [7, 11) is 5.44. The van der Waals surface area contributed by atoms with Gasteiger partial charge in [0, 0.05) is 66.1 Å². The van der Waals surface area contributed by atoms with Crippen molar-refractivity contribution in [2.45, 2.75) is 25.7 Å². The predicted octanol–water partition coefficient (Wildman–Crippen LogP) is 0.670. The Morgan fingerprint density at radius 1 is 1.50 bits per heavy atom. The second-order valence-electron chi connectivity index (χ2n) is 6.78. The van der Waals surface area contributed by atoms with Crippen LogP contribution in [0.25, 0.3) is 0 Å². The number of aryl methyl sites for hydroxylation is 1. The first-order chi connectivity index (χ1) is 12.5. The molecule has 0 aromatic carbocycles. The summed E-state index contributed by atoms with van der Waals surface area (Å²) in [6.45, 7) is 6.21. The van der Waals surface area contributed by atoms with Crippen LogP contribution in [0.4, 0.5) is 0 Å². The number of hydrogen-bond donors (Lipinski definition) is 1. The fraction of sp³-hybridized carbons (Fsp3) is 0.722. The minimum Gasteiger partial charge on any atom is -0.382 e. The Labute approximate surface area is 156 Å². The van der Waals surface area contributed by atoms with Gasteiger partial charge in [-0.05, 0) is 25.3 Å². The van der Waals surface area contributed by atoms with Crippen molar-refractivity contribution in [3.63, 3.8) is 0 Å². The maximum Gasteiger partial charge on any atom is 0.243 e. The molecule has 1 atom stereocenters. The molecule has 1 fully saturated rings. The Morgan fingerprint density at radius 3 is 2.96 bits per heavy atom. The van der Waals surface area contributed by atoms with Crippen LogP contribution < -0.4 is 5.32 Å². The van der Waals surface area contributed by atoms with E-state index >= 15 is 0 Å². The quantitative estimate of drug-likeness (QED) is 0.417. The molecule has 0 saturated carbocycles. The van der Waals surface area contributed by atoms with Crippen molar-refractivity contribution in [1.82, 2.24) is 24.9 Å². The predicted molar refractivity (Wildman–Crippen MR) is 102 cm³/mol. The molecular weight excluding hydrogens is 332 g/mol.